The number of thioether (sulfide) groups is 1. The van der Waals surface area contributed by atoms with Crippen molar-refractivity contribution >= 4 is 44.0 Å². The highest BCUT2D eigenvalue weighted by Crippen LogP contribution is 2.46. The van der Waals surface area contributed by atoms with E-state index in [1.165, 1.54) is 43.4 Å². The number of aryl methyl sites for hydroxylation is 1. The van der Waals surface area contributed by atoms with E-state index in [4.69, 9.17) is 0 Å². The summed E-state index contributed by atoms with van der Waals surface area (Å²) >= 11 is 3.74. The van der Waals surface area contributed by atoms with Crippen molar-refractivity contribution in [2.75, 3.05) is 13.1 Å². The minimum absolute atomic E-state index is 0.935. The number of benzene rings is 1. The molecule has 0 amide bonds. The minimum Gasteiger partial charge on any atom is -0.318 e. The van der Waals surface area contributed by atoms with E-state index < -0.39 is 0 Å². The van der Waals surface area contributed by atoms with Crippen LogP contribution in [0, 0.1) is 6.92 Å². The summed E-state index contributed by atoms with van der Waals surface area (Å²) in [5, 5.41) is 4.78. The summed E-state index contributed by atoms with van der Waals surface area (Å²) < 4.78 is 1.41. The quantitative estimate of drug-likeness (QED) is 0.783. The van der Waals surface area contributed by atoms with Gasteiger partial charge in [-0.2, -0.15) is 0 Å². The maximum absolute atomic E-state index is 4.66. The van der Waals surface area contributed by atoms with E-state index in [2.05, 4.69) is 47.3 Å². The molecule has 0 saturated carbocycles. The van der Waals surface area contributed by atoms with Gasteiger partial charge in [0.15, 0.2) is 5.17 Å². The monoisotopic (exact) mass is 314 g/mol. The molecule has 3 heterocycles. The van der Waals surface area contributed by atoms with Crippen LogP contribution in [-0.2, 0) is 0 Å². The van der Waals surface area contributed by atoms with Gasteiger partial charge in [0.1, 0.15) is 0 Å². The van der Waals surface area contributed by atoms with Gasteiger partial charge in [0.05, 0.1) is 12.2 Å². The Labute approximate surface area is 133 Å². The van der Waals surface area contributed by atoms with Gasteiger partial charge >= 0.3 is 0 Å². The van der Waals surface area contributed by atoms with Crippen LogP contribution in [0.2, 0.25) is 0 Å². The maximum atomic E-state index is 4.66. The van der Waals surface area contributed by atoms with Crippen molar-refractivity contribution in [1.82, 2.24) is 4.90 Å². The molecule has 1 aromatic carbocycles. The second kappa shape index (κ2) is 5.18. The van der Waals surface area contributed by atoms with Crippen LogP contribution in [0.5, 0.6) is 0 Å². The zero-order chi connectivity index (χ0) is 14.4. The SMILES string of the molecule is CCCC1=C(c2cc(C)cc3ccsc23)N2CCN=C2S1. The third-order valence-electron chi connectivity index (χ3n) is 3.98. The maximum Gasteiger partial charge on any atom is 0.168 e. The third kappa shape index (κ3) is 2.12. The number of nitrogens with zero attached hydrogens (tertiary/aromatic N) is 2. The van der Waals surface area contributed by atoms with Crippen molar-refractivity contribution in [3.05, 3.63) is 39.6 Å². The largest absolute Gasteiger partial charge is 0.318 e. The molecule has 0 saturated heterocycles. The Balaban J connectivity index is 1.94. The van der Waals surface area contributed by atoms with E-state index >= 15 is 0 Å². The van der Waals surface area contributed by atoms with Gasteiger partial charge in [-0.05, 0) is 41.8 Å². The standard InChI is InChI=1S/C17H18N2S2/c1-3-4-14-15(19-7-6-18-17(19)21-14)13-10-11(2)9-12-5-8-20-16(12)13/h5,8-10H,3-4,6-7H2,1-2H3. The Bertz CT molecular complexity index is 770. The molecule has 0 unspecified atom stereocenters. The van der Waals surface area contributed by atoms with Crippen LogP contribution in [0.4, 0.5) is 0 Å². The van der Waals surface area contributed by atoms with Crippen molar-refractivity contribution in [3.8, 4) is 0 Å². The summed E-state index contributed by atoms with van der Waals surface area (Å²) in [4.78, 5) is 8.59. The van der Waals surface area contributed by atoms with Crippen LogP contribution < -0.4 is 0 Å². The molecule has 2 aromatic rings. The summed E-state index contributed by atoms with van der Waals surface area (Å²) in [6, 6.07) is 6.87. The Hall–Kier alpha value is -1.26. The lowest BCUT2D eigenvalue weighted by Crippen LogP contribution is -2.20. The van der Waals surface area contributed by atoms with Gasteiger partial charge in [0.25, 0.3) is 0 Å². The van der Waals surface area contributed by atoms with Crippen LogP contribution in [0.3, 0.4) is 0 Å². The normalized spacial score (nSPS) is 17.8. The fraction of sp³-hybridized carbons (Fsp3) is 0.353. The molecule has 0 aliphatic carbocycles. The van der Waals surface area contributed by atoms with Crippen LogP contribution in [0.15, 0.2) is 33.5 Å². The number of hydrogen-bond acceptors (Lipinski definition) is 4. The molecule has 4 heteroatoms. The highest BCUT2D eigenvalue weighted by molar-refractivity contribution is 8.17. The molecule has 2 aliphatic rings. The molecule has 0 radical (unpaired) electrons. The Kier molecular flexibility index (Phi) is 3.31. The zero-order valence-corrected chi connectivity index (χ0v) is 14.0. The lowest BCUT2D eigenvalue weighted by molar-refractivity contribution is 0.646. The zero-order valence-electron chi connectivity index (χ0n) is 12.3. The molecule has 0 spiro atoms. The Morgan fingerprint density at radius 2 is 2.24 bits per heavy atom. The van der Waals surface area contributed by atoms with Gasteiger partial charge in [0, 0.05) is 21.7 Å². The number of rotatable bonds is 3. The van der Waals surface area contributed by atoms with Crippen molar-refractivity contribution in [1.29, 1.82) is 0 Å². The number of hydrogen-bond donors (Lipinski definition) is 0. The summed E-state index contributed by atoms with van der Waals surface area (Å²) in [6.45, 7) is 6.42. The van der Waals surface area contributed by atoms with Gasteiger partial charge < -0.3 is 4.90 Å². The molecule has 2 aliphatic heterocycles. The molecular formula is C17H18N2S2. The van der Waals surface area contributed by atoms with Crippen LogP contribution in [0.1, 0.15) is 30.9 Å². The molecule has 108 valence electrons. The fourth-order valence-electron chi connectivity index (χ4n) is 3.13. The molecule has 4 rings (SSSR count). The second-order valence-electron chi connectivity index (χ2n) is 5.59. The Morgan fingerprint density at radius 1 is 1.33 bits per heavy atom. The van der Waals surface area contributed by atoms with E-state index in [1.807, 2.05) is 23.1 Å². The fourth-order valence-corrected chi connectivity index (χ4v) is 5.32. The molecule has 2 nitrogen and oxygen atoms in total. The molecule has 0 fully saturated rings. The number of aliphatic imine (C=N–C) groups is 1. The summed E-state index contributed by atoms with van der Waals surface area (Å²) in [5.74, 6) is 0. The first kappa shape index (κ1) is 13.4. The van der Waals surface area contributed by atoms with Gasteiger partial charge in [-0.15, -0.1) is 11.3 Å². The smallest absolute Gasteiger partial charge is 0.168 e. The van der Waals surface area contributed by atoms with Crippen LogP contribution in [-0.4, -0.2) is 23.2 Å². The van der Waals surface area contributed by atoms with Gasteiger partial charge in [-0.3, -0.25) is 4.99 Å². The van der Waals surface area contributed by atoms with Gasteiger partial charge in [0.2, 0.25) is 0 Å². The van der Waals surface area contributed by atoms with Gasteiger partial charge in [-0.25, -0.2) is 0 Å². The lowest BCUT2D eigenvalue weighted by Gasteiger charge is -2.18. The molecular weight excluding hydrogens is 296 g/mol. The molecule has 1 aromatic heterocycles. The third-order valence-corrected chi connectivity index (χ3v) is 6.12. The molecule has 0 N–H and O–H groups in total. The van der Waals surface area contributed by atoms with E-state index in [9.17, 15) is 0 Å². The van der Waals surface area contributed by atoms with Crippen molar-refractivity contribution in [2.45, 2.75) is 26.7 Å². The van der Waals surface area contributed by atoms with E-state index in [0.29, 0.717) is 0 Å². The first-order valence-corrected chi connectivity index (χ1v) is 9.18. The number of allylic oxidation sites excluding steroid dienone is 1. The molecule has 0 atom stereocenters. The highest BCUT2D eigenvalue weighted by Gasteiger charge is 2.33. The van der Waals surface area contributed by atoms with E-state index in [-0.39, 0.29) is 0 Å². The topological polar surface area (TPSA) is 15.6 Å². The number of thiophene rings is 1. The first-order valence-electron chi connectivity index (χ1n) is 7.49. The first-order chi connectivity index (χ1) is 10.3. The summed E-state index contributed by atoms with van der Waals surface area (Å²) in [7, 11) is 0. The summed E-state index contributed by atoms with van der Waals surface area (Å²) in [5.41, 5.74) is 4.17. The lowest BCUT2D eigenvalue weighted by atomic mass is 10.0. The second-order valence-corrected chi connectivity index (χ2v) is 7.57. The summed E-state index contributed by atoms with van der Waals surface area (Å²) in [6.07, 6.45) is 2.34. The number of fused-ring (bicyclic) bond motifs is 2. The van der Waals surface area contributed by atoms with E-state index in [1.54, 1.807) is 0 Å². The molecule has 21 heavy (non-hydrogen) atoms. The van der Waals surface area contributed by atoms with Crippen molar-refractivity contribution in [2.24, 2.45) is 4.99 Å². The van der Waals surface area contributed by atoms with Crippen LogP contribution >= 0.6 is 23.1 Å². The average Bonchev–Trinajstić information content (AvgIpc) is 3.12. The average molecular weight is 314 g/mol. The number of amidine groups is 1. The van der Waals surface area contributed by atoms with Crippen molar-refractivity contribution < 1.29 is 0 Å². The molecule has 0 bridgehead atoms. The minimum atomic E-state index is 0.935. The predicted octanol–water partition coefficient (Wildman–Crippen LogP) is 5.10. The Morgan fingerprint density at radius 3 is 3.10 bits per heavy atom. The van der Waals surface area contributed by atoms with Crippen molar-refractivity contribution in [3.63, 3.8) is 0 Å². The highest BCUT2D eigenvalue weighted by atomic mass is 32.2. The van der Waals surface area contributed by atoms with Crippen LogP contribution in [0.25, 0.3) is 15.8 Å². The predicted molar refractivity (Wildman–Crippen MR) is 95.0 cm³/mol. The van der Waals surface area contributed by atoms with Gasteiger partial charge in [-0.1, -0.05) is 31.2 Å². The van der Waals surface area contributed by atoms with E-state index in [0.717, 1.165) is 19.5 Å².